The standard InChI is InChI=1S/C15H21NO3/c1-2-19-10-11-5-3-6-12(9-11)16-15(18)13-7-4-8-14(13)17/h3,5-6,9,13-14,17H,2,4,7-8,10H2,1H3,(H,16,18). The van der Waals surface area contributed by atoms with Gasteiger partial charge in [-0.2, -0.15) is 0 Å². The zero-order valence-corrected chi connectivity index (χ0v) is 11.3. The van der Waals surface area contributed by atoms with Gasteiger partial charge in [-0.15, -0.1) is 0 Å². The lowest BCUT2D eigenvalue weighted by Gasteiger charge is -2.14. The van der Waals surface area contributed by atoms with Gasteiger partial charge >= 0.3 is 0 Å². The maximum absolute atomic E-state index is 12.0. The number of anilines is 1. The molecular weight excluding hydrogens is 242 g/mol. The monoisotopic (exact) mass is 263 g/mol. The van der Waals surface area contributed by atoms with Crippen LogP contribution < -0.4 is 5.32 Å². The molecule has 4 heteroatoms. The largest absolute Gasteiger partial charge is 0.392 e. The number of aliphatic hydroxyl groups is 1. The Morgan fingerprint density at radius 2 is 2.32 bits per heavy atom. The molecule has 2 unspecified atom stereocenters. The quantitative estimate of drug-likeness (QED) is 0.857. The van der Waals surface area contributed by atoms with Crippen LogP contribution in [0.15, 0.2) is 24.3 Å². The lowest BCUT2D eigenvalue weighted by Crippen LogP contribution is -2.28. The summed E-state index contributed by atoms with van der Waals surface area (Å²) in [4.78, 5) is 12.0. The van der Waals surface area contributed by atoms with Gasteiger partial charge in [-0.3, -0.25) is 4.79 Å². The van der Waals surface area contributed by atoms with Gasteiger partial charge in [-0.05, 0) is 43.9 Å². The van der Waals surface area contributed by atoms with Gasteiger partial charge in [0, 0.05) is 12.3 Å². The van der Waals surface area contributed by atoms with E-state index < -0.39 is 6.10 Å². The predicted octanol–water partition coefficient (Wildman–Crippen LogP) is 2.32. The molecular formula is C15H21NO3. The summed E-state index contributed by atoms with van der Waals surface area (Å²) in [6.07, 6.45) is 1.92. The van der Waals surface area contributed by atoms with Gasteiger partial charge in [0.15, 0.2) is 0 Å². The van der Waals surface area contributed by atoms with Crippen LogP contribution in [-0.4, -0.2) is 23.7 Å². The summed E-state index contributed by atoms with van der Waals surface area (Å²) in [7, 11) is 0. The molecule has 1 saturated carbocycles. The van der Waals surface area contributed by atoms with Gasteiger partial charge < -0.3 is 15.2 Å². The van der Waals surface area contributed by atoms with Gasteiger partial charge in [0.2, 0.25) is 5.91 Å². The van der Waals surface area contributed by atoms with Crippen molar-refractivity contribution in [2.24, 2.45) is 5.92 Å². The van der Waals surface area contributed by atoms with Crippen LogP contribution in [0.4, 0.5) is 5.69 Å². The van der Waals surface area contributed by atoms with E-state index in [1.165, 1.54) is 0 Å². The van der Waals surface area contributed by atoms with Crippen LogP contribution in [0, 0.1) is 5.92 Å². The smallest absolute Gasteiger partial charge is 0.230 e. The van der Waals surface area contributed by atoms with Gasteiger partial charge in [0.05, 0.1) is 18.6 Å². The maximum Gasteiger partial charge on any atom is 0.230 e. The van der Waals surface area contributed by atoms with Crippen molar-refractivity contribution in [1.29, 1.82) is 0 Å². The second kappa shape index (κ2) is 6.68. The van der Waals surface area contributed by atoms with Crippen LogP contribution in [0.1, 0.15) is 31.7 Å². The van der Waals surface area contributed by atoms with Crippen molar-refractivity contribution in [1.82, 2.24) is 0 Å². The number of carbonyl (C=O) groups excluding carboxylic acids is 1. The fraction of sp³-hybridized carbons (Fsp3) is 0.533. The Kier molecular flexibility index (Phi) is 4.93. The van der Waals surface area contributed by atoms with Crippen LogP contribution in [0.5, 0.6) is 0 Å². The topological polar surface area (TPSA) is 58.6 Å². The van der Waals surface area contributed by atoms with E-state index in [-0.39, 0.29) is 11.8 Å². The number of ether oxygens (including phenoxy) is 1. The average molecular weight is 263 g/mol. The Balaban J connectivity index is 1.96. The number of hydrogen-bond donors (Lipinski definition) is 2. The molecule has 4 nitrogen and oxygen atoms in total. The zero-order chi connectivity index (χ0) is 13.7. The molecule has 1 aliphatic rings. The summed E-state index contributed by atoms with van der Waals surface area (Å²) in [6.45, 7) is 3.17. The van der Waals surface area contributed by atoms with Crippen LogP contribution >= 0.6 is 0 Å². The van der Waals surface area contributed by atoms with Crippen LogP contribution in [-0.2, 0) is 16.1 Å². The molecule has 0 radical (unpaired) electrons. The Morgan fingerprint density at radius 3 is 3.00 bits per heavy atom. The summed E-state index contributed by atoms with van der Waals surface area (Å²) in [6, 6.07) is 7.63. The van der Waals surface area contributed by atoms with Gasteiger partial charge in [0.25, 0.3) is 0 Å². The molecule has 1 aromatic rings. The number of carbonyl (C=O) groups is 1. The van der Waals surface area contributed by atoms with Crippen LogP contribution in [0.3, 0.4) is 0 Å². The Hall–Kier alpha value is -1.39. The normalized spacial score (nSPS) is 22.4. The predicted molar refractivity (Wildman–Crippen MR) is 73.7 cm³/mol. The fourth-order valence-electron chi connectivity index (χ4n) is 2.44. The second-order valence-corrected chi connectivity index (χ2v) is 4.93. The minimum absolute atomic E-state index is 0.0847. The number of benzene rings is 1. The third kappa shape index (κ3) is 3.78. The van der Waals surface area contributed by atoms with E-state index in [9.17, 15) is 9.90 Å². The summed E-state index contributed by atoms with van der Waals surface area (Å²) in [5, 5.41) is 12.6. The molecule has 1 fully saturated rings. The first-order valence-electron chi connectivity index (χ1n) is 6.86. The van der Waals surface area contributed by atoms with Crippen LogP contribution in [0.2, 0.25) is 0 Å². The molecule has 104 valence electrons. The molecule has 0 aromatic heterocycles. The van der Waals surface area contributed by atoms with Crippen molar-refractivity contribution in [3.63, 3.8) is 0 Å². The highest BCUT2D eigenvalue weighted by atomic mass is 16.5. The van der Waals surface area contributed by atoms with Gasteiger partial charge in [0.1, 0.15) is 0 Å². The number of hydrogen-bond acceptors (Lipinski definition) is 3. The van der Waals surface area contributed by atoms with Gasteiger partial charge in [-0.1, -0.05) is 12.1 Å². The molecule has 2 N–H and O–H groups in total. The third-order valence-electron chi connectivity index (χ3n) is 3.48. The Labute approximate surface area is 113 Å². The number of aliphatic hydroxyl groups excluding tert-OH is 1. The molecule has 0 saturated heterocycles. The first-order chi connectivity index (χ1) is 9.20. The molecule has 19 heavy (non-hydrogen) atoms. The molecule has 0 bridgehead atoms. The summed E-state index contributed by atoms with van der Waals surface area (Å²) in [5.74, 6) is -0.353. The number of rotatable bonds is 5. The van der Waals surface area contributed by atoms with Crippen molar-refractivity contribution in [3.8, 4) is 0 Å². The van der Waals surface area contributed by atoms with Crippen molar-refractivity contribution in [3.05, 3.63) is 29.8 Å². The lowest BCUT2D eigenvalue weighted by atomic mass is 10.1. The van der Waals surface area contributed by atoms with E-state index in [0.717, 1.165) is 30.5 Å². The minimum atomic E-state index is -0.494. The van der Waals surface area contributed by atoms with Crippen LogP contribution in [0.25, 0.3) is 0 Å². The molecule has 0 spiro atoms. The Morgan fingerprint density at radius 1 is 1.47 bits per heavy atom. The van der Waals surface area contributed by atoms with Crippen molar-refractivity contribution in [2.45, 2.75) is 38.9 Å². The van der Waals surface area contributed by atoms with E-state index in [0.29, 0.717) is 13.2 Å². The summed E-state index contributed by atoms with van der Waals surface area (Å²) >= 11 is 0. The lowest BCUT2D eigenvalue weighted by molar-refractivity contribution is -0.122. The van der Waals surface area contributed by atoms with Crippen molar-refractivity contribution >= 4 is 11.6 Å². The van der Waals surface area contributed by atoms with Crippen molar-refractivity contribution < 1.29 is 14.6 Å². The van der Waals surface area contributed by atoms with E-state index >= 15 is 0 Å². The number of amides is 1. The van der Waals surface area contributed by atoms with E-state index in [4.69, 9.17) is 4.74 Å². The highest BCUT2D eigenvalue weighted by Gasteiger charge is 2.31. The maximum atomic E-state index is 12.0. The zero-order valence-electron chi connectivity index (χ0n) is 11.3. The molecule has 0 aliphatic heterocycles. The number of nitrogens with one attached hydrogen (secondary N) is 1. The first kappa shape index (κ1) is 14.0. The van der Waals surface area contributed by atoms with Crippen molar-refractivity contribution in [2.75, 3.05) is 11.9 Å². The molecule has 0 heterocycles. The first-order valence-corrected chi connectivity index (χ1v) is 6.86. The summed E-state index contributed by atoms with van der Waals surface area (Å²) < 4.78 is 5.34. The second-order valence-electron chi connectivity index (χ2n) is 4.93. The fourth-order valence-corrected chi connectivity index (χ4v) is 2.44. The molecule has 1 amide bonds. The van der Waals surface area contributed by atoms with Gasteiger partial charge in [-0.25, -0.2) is 0 Å². The minimum Gasteiger partial charge on any atom is -0.392 e. The molecule has 2 atom stereocenters. The SMILES string of the molecule is CCOCc1cccc(NC(=O)C2CCCC2O)c1. The van der Waals surface area contributed by atoms with E-state index in [2.05, 4.69) is 5.32 Å². The highest BCUT2D eigenvalue weighted by molar-refractivity contribution is 5.93. The Bertz CT molecular complexity index is 433. The molecule has 1 aliphatic carbocycles. The highest BCUT2D eigenvalue weighted by Crippen LogP contribution is 2.26. The summed E-state index contributed by atoms with van der Waals surface area (Å²) in [5.41, 5.74) is 1.80. The average Bonchev–Trinajstić information content (AvgIpc) is 2.83. The van der Waals surface area contributed by atoms with E-state index in [1.54, 1.807) is 0 Å². The molecule has 1 aromatic carbocycles. The molecule has 2 rings (SSSR count). The third-order valence-corrected chi connectivity index (χ3v) is 3.48. The van der Waals surface area contributed by atoms with E-state index in [1.807, 2.05) is 31.2 Å².